The predicted octanol–water partition coefficient (Wildman–Crippen LogP) is 4.20. The number of hydrogen-bond acceptors (Lipinski definition) is 8. The van der Waals surface area contributed by atoms with Gasteiger partial charge in [-0.15, -0.1) is 10.2 Å². The van der Waals surface area contributed by atoms with E-state index < -0.39 is 27.1 Å². The van der Waals surface area contributed by atoms with Crippen LogP contribution in [-0.4, -0.2) is 26.0 Å². The molecule has 2 aromatic carbocycles. The zero-order valence-electron chi connectivity index (χ0n) is 15.6. The quantitative estimate of drug-likeness (QED) is 0.488. The molecular formula is C18H15N5O5S. The highest BCUT2D eigenvalue weighted by Gasteiger charge is 2.25. The largest absolute Gasteiger partial charge is 0.296 e. The first-order valence-corrected chi connectivity index (χ1v) is 9.15. The van der Waals surface area contributed by atoms with E-state index in [0.29, 0.717) is 5.01 Å². The lowest BCUT2D eigenvalue weighted by Crippen LogP contribution is -2.14. The van der Waals surface area contributed by atoms with Gasteiger partial charge in [-0.3, -0.25) is 30.3 Å². The van der Waals surface area contributed by atoms with Gasteiger partial charge in [-0.1, -0.05) is 29.0 Å². The lowest BCUT2D eigenvalue weighted by molar-refractivity contribution is -0.394. The summed E-state index contributed by atoms with van der Waals surface area (Å²) in [5, 5.41) is 33.3. The van der Waals surface area contributed by atoms with Crippen LogP contribution in [-0.2, 0) is 0 Å². The number of aromatic nitrogens is 2. The Morgan fingerprint density at radius 2 is 1.66 bits per heavy atom. The molecule has 11 heteroatoms. The van der Waals surface area contributed by atoms with Crippen molar-refractivity contribution < 1.29 is 14.6 Å². The van der Waals surface area contributed by atoms with Crippen molar-refractivity contribution in [2.75, 3.05) is 5.32 Å². The van der Waals surface area contributed by atoms with Gasteiger partial charge >= 0.3 is 0 Å². The van der Waals surface area contributed by atoms with Gasteiger partial charge in [-0.25, -0.2) is 0 Å². The number of amides is 1. The van der Waals surface area contributed by atoms with E-state index in [-0.39, 0.29) is 10.7 Å². The van der Waals surface area contributed by atoms with Gasteiger partial charge < -0.3 is 0 Å². The highest BCUT2D eigenvalue weighted by Crippen LogP contribution is 2.33. The van der Waals surface area contributed by atoms with Crippen LogP contribution in [0.25, 0.3) is 10.6 Å². The van der Waals surface area contributed by atoms with Crippen LogP contribution in [0.4, 0.5) is 16.5 Å². The highest BCUT2D eigenvalue weighted by molar-refractivity contribution is 7.18. The molecule has 3 aromatic rings. The number of aryl methyl sites for hydroxylation is 3. The topological polar surface area (TPSA) is 141 Å². The van der Waals surface area contributed by atoms with Crippen molar-refractivity contribution >= 4 is 33.8 Å². The fourth-order valence-corrected chi connectivity index (χ4v) is 3.95. The average Bonchev–Trinajstić information content (AvgIpc) is 3.08. The van der Waals surface area contributed by atoms with Crippen LogP contribution in [0.1, 0.15) is 27.0 Å². The molecular weight excluding hydrogens is 398 g/mol. The van der Waals surface area contributed by atoms with Crippen molar-refractivity contribution in [3.8, 4) is 10.6 Å². The zero-order chi connectivity index (χ0) is 21.3. The molecule has 29 heavy (non-hydrogen) atoms. The van der Waals surface area contributed by atoms with Gasteiger partial charge in [0.05, 0.1) is 15.9 Å². The zero-order valence-corrected chi connectivity index (χ0v) is 16.4. The van der Waals surface area contributed by atoms with Gasteiger partial charge in [-0.05, 0) is 38.0 Å². The Balaban J connectivity index is 1.90. The Morgan fingerprint density at radius 1 is 1.00 bits per heavy atom. The lowest BCUT2D eigenvalue weighted by Gasteiger charge is -2.07. The van der Waals surface area contributed by atoms with E-state index in [1.807, 2.05) is 32.9 Å². The summed E-state index contributed by atoms with van der Waals surface area (Å²) in [6, 6.07) is 6.86. The van der Waals surface area contributed by atoms with E-state index in [1.54, 1.807) is 0 Å². The van der Waals surface area contributed by atoms with Crippen molar-refractivity contribution in [1.29, 1.82) is 0 Å². The Labute approximate surface area is 168 Å². The molecule has 0 radical (unpaired) electrons. The molecule has 0 bridgehead atoms. The maximum absolute atomic E-state index is 12.5. The number of nitro benzene ring substituents is 2. The minimum Gasteiger partial charge on any atom is -0.296 e. The summed E-state index contributed by atoms with van der Waals surface area (Å²) in [4.78, 5) is 32.9. The summed E-state index contributed by atoms with van der Waals surface area (Å²) in [6.07, 6.45) is 0. The Bertz CT molecular complexity index is 1130. The SMILES string of the molecule is Cc1cc(C)c(-c2nnc(NC(=O)c3ccc([N+](=O)[O-])cc3[N+](=O)[O-])s2)c(C)c1. The van der Waals surface area contributed by atoms with Gasteiger partial charge in [0.15, 0.2) is 0 Å². The van der Waals surface area contributed by atoms with Crippen molar-refractivity contribution in [2.24, 2.45) is 0 Å². The number of nitro groups is 2. The van der Waals surface area contributed by atoms with E-state index >= 15 is 0 Å². The molecule has 1 heterocycles. The molecule has 0 aliphatic heterocycles. The summed E-state index contributed by atoms with van der Waals surface area (Å²) in [7, 11) is 0. The summed E-state index contributed by atoms with van der Waals surface area (Å²) < 4.78 is 0. The lowest BCUT2D eigenvalue weighted by atomic mass is 10.0. The summed E-state index contributed by atoms with van der Waals surface area (Å²) in [5.74, 6) is -0.799. The van der Waals surface area contributed by atoms with Crippen molar-refractivity contribution in [3.63, 3.8) is 0 Å². The van der Waals surface area contributed by atoms with Gasteiger partial charge in [0.2, 0.25) is 5.13 Å². The van der Waals surface area contributed by atoms with Gasteiger partial charge in [0.1, 0.15) is 10.6 Å². The molecule has 0 aliphatic rings. The van der Waals surface area contributed by atoms with Crippen molar-refractivity contribution in [1.82, 2.24) is 10.2 Å². The second kappa shape index (κ2) is 7.72. The number of non-ortho nitro benzene ring substituents is 1. The second-order valence-corrected chi connectivity index (χ2v) is 7.33. The van der Waals surface area contributed by atoms with Crippen LogP contribution in [0.3, 0.4) is 0 Å². The fraction of sp³-hybridized carbons (Fsp3) is 0.167. The van der Waals surface area contributed by atoms with E-state index in [0.717, 1.165) is 51.8 Å². The Kier molecular flexibility index (Phi) is 5.33. The molecule has 10 nitrogen and oxygen atoms in total. The maximum atomic E-state index is 12.5. The molecule has 0 saturated heterocycles. The molecule has 1 aromatic heterocycles. The summed E-state index contributed by atoms with van der Waals surface area (Å²) >= 11 is 1.13. The first kappa shape index (κ1) is 20.0. The van der Waals surface area contributed by atoms with E-state index in [4.69, 9.17) is 0 Å². The van der Waals surface area contributed by atoms with Gasteiger partial charge in [0.25, 0.3) is 17.3 Å². The normalized spacial score (nSPS) is 10.6. The predicted molar refractivity (Wildman–Crippen MR) is 107 cm³/mol. The summed E-state index contributed by atoms with van der Waals surface area (Å²) in [6.45, 7) is 5.90. The van der Waals surface area contributed by atoms with Crippen molar-refractivity contribution in [3.05, 3.63) is 72.8 Å². The number of nitrogens with zero attached hydrogens (tertiary/aromatic N) is 4. The monoisotopic (exact) mass is 413 g/mol. The number of rotatable bonds is 5. The van der Waals surface area contributed by atoms with Gasteiger partial charge in [0, 0.05) is 11.6 Å². The first-order chi connectivity index (χ1) is 13.7. The fourth-order valence-electron chi connectivity index (χ4n) is 3.03. The molecule has 0 atom stereocenters. The number of carbonyl (C=O) groups excluding carboxylic acids is 1. The van der Waals surface area contributed by atoms with Crippen LogP contribution in [0.15, 0.2) is 30.3 Å². The van der Waals surface area contributed by atoms with Crippen LogP contribution < -0.4 is 5.32 Å². The molecule has 1 N–H and O–H groups in total. The van der Waals surface area contributed by atoms with E-state index in [2.05, 4.69) is 15.5 Å². The Hall–Kier alpha value is -3.73. The van der Waals surface area contributed by atoms with E-state index in [9.17, 15) is 25.0 Å². The molecule has 148 valence electrons. The smallest absolute Gasteiger partial charge is 0.289 e. The number of nitrogens with one attached hydrogen (secondary N) is 1. The van der Waals surface area contributed by atoms with E-state index in [1.165, 1.54) is 0 Å². The standard InChI is InChI=1S/C18H15N5O5S/c1-9-6-10(2)15(11(3)7-9)17-20-21-18(29-17)19-16(24)13-5-4-12(22(25)26)8-14(13)23(27)28/h4-8H,1-3H3,(H,19,21,24). The number of carbonyl (C=O) groups is 1. The number of hydrogen-bond donors (Lipinski definition) is 1. The molecule has 0 spiro atoms. The summed E-state index contributed by atoms with van der Waals surface area (Å²) in [5.41, 5.74) is 2.62. The molecule has 0 aliphatic carbocycles. The van der Waals surface area contributed by atoms with Crippen LogP contribution in [0.5, 0.6) is 0 Å². The third-order valence-electron chi connectivity index (χ3n) is 4.17. The van der Waals surface area contributed by atoms with Crippen LogP contribution in [0.2, 0.25) is 0 Å². The Morgan fingerprint density at radius 3 is 2.24 bits per heavy atom. The van der Waals surface area contributed by atoms with Gasteiger partial charge in [-0.2, -0.15) is 0 Å². The molecule has 0 saturated carbocycles. The third kappa shape index (κ3) is 4.09. The molecule has 3 rings (SSSR count). The first-order valence-electron chi connectivity index (χ1n) is 8.33. The minimum atomic E-state index is -0.841. The van der Waals surface area contributed by atoms with Crippen LogP contribution in [0, 0.1) is 41.0 Å². The maximum Gasteiger partial charge on any atom is 0.289 e. The minimum absolute atomic E-state index is 0.164. The average molecular weight is 413 g/mol. The molecule has 0 fully saturated rings. The number of anilines is 1. The molecule has 0 unspecified atom stereocenters. The third-order valence-corrected chi connectivity index (χ3v) is 5.03. The molecule has 1 amide bonds. The highest BCUT2D eigenvalue weighted by atomic mass is 32.1. The van der Waals surface area contributed by atoms with Crippen LogP contribution >= 0.6 is 11.3 Å². The number of benzene rings is 2. The second-order valence-electron chi connectivity index (χ2n) is 6.36. The van der Waals surface area contributed by atoms with Crippen molar-refractivity contribution in [2.45, 2.75) is 20.8 Å².